The average Bonchev–Trinajstić information content (AvgIpc) is 2.53. The van der Waals surface area contributed by atoms with Crippen LogP contribution in [0.5, 0.6) is 0 Å². The monoisotopic (exact) mass is 274 g/mol. The summed E-state index contributed by atoms with van der Waals surface area (Å²) >= 11 is 0. The fraction of sp³-hybridized carbons (Fsp3) is 0.667. The van der Waals surface area contributed by atoms with Gasteiger partial charge in [-0.3, -0.25) is 11.3 Å². The Morgan fingerprint density at radius 1 is 1.10 bits per heavy atom. The van der Waals surface area contributed by atoms with E-state index in [1.54, 1.807) is 0 Å². The van der Waals surface area contributed by atoms with Crippen molar-refractivity contribution >= 4 is 0 Å². The molecule has 2 heteroatoms. The largest absolute Gasteiger partial charge is 0.271 e. The van der Waals surface area contributed by atoms with Gasteiger partial charge in [0.1, 0.15) is 0 Å². The van der Waals surface area contributed by atoms with Gasteiger partial charge in [0.05, 0.1) is 0 Å². The first-order chi connectivity index (χ1) is 9.80. The number of nitrogens with one attached hydrogen (secondary N) is 1. The predicted octanol–water partition coefficient (Wildman–Crippen LogP) is 4.23. The zero-order chi connectivity index (χ0) is 14.4. The Hall–Kier alpha value is -0.860. The van der Waals surface area contributed by atoms with Crippen LogP contribution in [0.1, 0.15) is 63.9 Å². The molecule has 2 unspecified atom stereocenters. The molecule has 1 aromatic rings. The highest BCUT2D eigenvalue weighted by Gasteiger charge is 2.31. The van der Waals surface area contributed by atoms with Crippen LogP contribution in [0.15, 0.2) is 30.3 Å². The fourth-order valence-corrected chi connectivity index (χ4v) is 3.93. The molecular weight excluding hydrogens is 244 g/mol. The van der Waals surface area contributed by atoms with Gasteiger partial charge in [-0.05, 0) is 36.7 Å². The molecule has 0 aromatic heterocycles. The maximum atomic E-state index is 5.93. The average molecular weight is 274 g/mol. The van der Waals surface area contributed by atoms with Gasteiger partial charge >= 0.3 is 0 Å². The lowest BCUT2D eigenvalue weighted by atomic mass is 9.72. The van der Waals surface area contributed by atoms with Gasteiger partial charge in [0.15, 0.2) is 0 Å². The lowest BCUT2D eigenvalue weighted by molar-refractivity contribution is 0.197. The lowest BCUT2D eigenvalue weighted by Gasteiger charge is -2.37. The topological polar surface area (TPSA) is 38.0 Å². The lowest BCUT2D eigenvalue weighted by Crippen LogP contribution is -2.46. The minimum Gasteiger partial charge on any atom is -0.271 e. The van der Waals surface area contributed by atoms with Crippen molar-refractivity contribution < 1.29 is 0 Å². The molecule has 0 spiro atoms. The zero-order valence-electron chi connectivity index (χ0n) is 13.0. The van der Waals surface area contributed by atoms with Crippen molar-refractivity contribution in [2.45, 2.75) is 64.3 Å². The van der Waals surface area contributed by atoms with Gasteiger partial charge in [-0.1, -0.05) is 63.4 Å². The molecule has 3 N–H and O–H groups in total. The standard InChI is InChI=1S/C18H30N2/c1-3-14-10-12-16(13-11-14)18(20-19)17(4-2)15-8-6-5-7-9-15/h5-9,14,16-18,20H,3-4,10-13,19H2,1-2H3. The minimum atomic E-state index is 0.417. The SMILES string of the molecule is CCC1CCC(C(NN)C(CC)c2ccccc2)CC1. The second kappa shape index (κ2) is 7.80. The van der Waals surface area contributed by atoms with Gasteiger partial charge in [0, 0.05) is 12.0 Å². The van der Waals surface area contributed by atoms with E-state index in [1.165, 1.54) is 37.7 Å². The van der Waals surface area contributed by atoms with E-state index < -0.39 is 0 Å². The Morgan fingerprint density at radius 3 is 2.25 bits per heavy atom. The van der Waals surface area contributed by atoms with Crippen LogP contribution in [0, 0.1) is 11.8 Å². The molecule has 0 saturated heterocycles. The maximum Gasteiger partial charge on any atom is 0.0307 e. The number of hydrogen-bond acceptors (Lipinski definition) is 2. The van der Waals surface area contributed by atoms with Crippen LogP contribution in [0.3, 0.4) is 0 Å². The van der Waals surface area contributed by atoms with Crippen LogP contribution >= 0.6 is 0 Å². The first-order valence-corrected chi connectivity index (χ1v) is 8.31. The molecule has 0 heterocycles. The molecule has 2 nitrogen and oxygen atoms in total. The smallest absolute Gasteiger partial charge is 0.0307 e. The van der Waals surface area contributed by atoms with E-state index in [9.17, 15) is 0 Å². The van der Waals surface area contributed by atoms with Crippen LogP contribution in [0.2, 0.25) is 0 Å². The second-order valence-electron chi connectivity index (χ2n) is 6.31. The molecule has 0 bridgehead atoms. The predicted molar refractivity (Wildman–Crippen MR) is 86.3 cm³/mol. The quantitative estimate of drug-likeness (QED) is 0.602. The molecule has 0 radical (unpaired) electrons. The Labute approximate surface area is 124 Å². The van der Waals surface area contributed by atoms with E-state index in [0.717, 1.165) is 18.3 Å². The summed E-state index contributed by atoms with van der Waals surface area (Å²) in [7, 11) is 0. The molecule has 1 aliphatic carbocycles. The molecule has 1 fully saturated rings. The molecule has 0 aliphatic heterocycles. The van der Waals surface area contributed by atoms with Crippen molar-refractivity contribution in [3.05, 3.63) is 35.9 Å². The van der Waals surface area contributed by atoms with E-state index in [0.29, 0.717) is 12.0 Å². The van der Waals surface area contributed by atoms with Gasteiger partial charge in [-0.2, -0.15) is 0 Å². The minimum absolute atomic E-state index is 0.417. The first kappa shape index (κ1) is 15.5. The molecule has 0 amide bonds. The Kier molecular flexibility index (Phi) is 6.06. The molecule has 1 aromatic carbocycles. The van der Waals surface area contributed by atoms with E-state index in [-0.39, 0.29) is 0 Å². The van der Waals surface area contributed by atoms with Gasteiger partial charge < -0.3 is 0 Å². The van der Waals surface area contributed by atoms with Crippen molar-refractivity contribution in [2.24, 2.45) is 17.7 Å². The van der Waals surface area contributed by atoms with Crippen molar-refractivity contribution in [1.29, 1.82) is 0 Å². The number of rotatable bonds is 6. The highest BCUT2D eigenvalue weighted by Crippen LogP contribution is 2.37. The van der Waals surface area contributed by atoms with Crippen molar-refractivity contribution in [3.8, 4) is 0 Å². The van der Waals surface area contributed by atoms with Gasteiger partial charge in [-0.25, -0.2) is 0 Å². The number of hydrogen-bond donors (Lipinski definition) is 2. The van der Waals surface area contributed by atoms with E-state index in [4.69, 9.17) is 5.84 Å². The number of nitrogens with two attached hydrogens (primary N) is 1. The molecule has 2 atom stereocenters. The van der Waals surface area contributed by atoms with Crippen LogP contribution in [0.25, 0.3) is 0 Å². The molecule has 2 rings (SSSR count). The highest BCUT2D eigenvalue weighted by atomic mass is 15.2. The second-order valence-corrected chi connectivity index (χ2v) is 6.31. The van der Waals surface area contributed by atoms with Crippen LogP contribution < -0.4 is 11.3 Å². The summed E-state index contributed by atoms with van der Waals surface area (Å²) in [6.07, 6.45) is 7.90. The van der Waals surface area contributed by atoms with Crippen LogP contribution in [0.4, 0.5) is 0 Å². The molecule has 1 aliphatic rings. The Bertz CT molecular complexity index is 368. The fourth-order valence-electron chi connectivity index (χ4n) is 3.93. The summed E-state index contributed by atoms with van der Waals surface area (Å²) in [4.78, 5) is 0. The van der Waals surface area contributed by atoms with Gasteiger partial charge in [0.25, 0.3) is 0 Å². The third-order valence-corrected chi connectivity index (χ3v) is 5.27. The summed E-state index contributed by atoms with van der Waals surface area (Å²) < 4.78 is 0. The van der Waals surface area contributed by atoms with Crippen molar-refractivity contribution in [2.75, 3.05) is 0 Å². The van der Waals surface area contributed by atoms with Crippen LogP contribution in [-0.2, 0) is 0 Å². The zero-order valence-corrected chi connectivity index (χ0v) is 13.0. The van der Waals surface area contributed by atoms with Gasteiger partial charge in [0.2, 0.25) is 0 Å². The summed E-state index contributed by atoms with van der Waals surface area (Å²) in [6.45, 7) is 4.60. The van der Waals surface area contributed by atoms with E-state index in [1.807, 2.05) is 0 Å². The summed E-state index contributed by atoms with van der Waals surface area (Å²) in [5.74, 6) is 8.14. The molecule has 1 saturated carbocycles. The third-order valence-electron chi connectivity index (χ3n) is 5.27. The Balaban J connectivity index is 2.06. The summed E-state index contributed by atoms with van der Waals surface area (Å²) in [5.41, 5.74) is 4.58. The normalized spacial score (nSPS) is 26.1. The van der Waals surface area contributed by atoms with E-state index >= 15 is 0 Å². The van der Waals surface area contributed by atoms with Gasteiger partial charge in [-0.15, -0.1) is 0 Å². The van der Waals surface area contributed by atoms with Crippen molar-refractivity contribution in [3.63, 3.8) is 0 Å². The third kappa shape index (κ3) is 3.62. The summed E-state index contributed by atoms with van der Waals surface area (Å²) in [6, 6.07) is 11.3. The highest BCUT2D eigenvalue weighted by molar-refractivity contribution is 5.21. The maximum absolute atomic E-state index is 5.93. The number of hydrazine groups is 1. The summed E-state index contributed by atoms with van der Waals surface area (Å²) in [5, 5.41) is 0. The molecule has 20 heavy (non-hydrogen) atoms. The first-order valence-electron chi connectivity index (χ1n) is 8.31. The molecular formula is C18H30N2. The van der Waals surface area contributed by atoms with Crippen LogP contribution in [-0.4, -0.2) is 6.04 Å². The van der Waals surface area contributed by atoms with Crippen molar-refractivity contribution in [1.82, 2.24) is 5.43 Å². The van der Waals surface area contributed by atoms with E-state index in [2.05, 4.69) is 49.6 Å². The number of benzene rings is 1. The molecule has 112 valence electrons. The Morgan fingerprint density at radius 2 is 1.75 bits per heavy atom.